The van der Waals surface area contributed by atoms with E-state index in [1.54, 1.807) is 0 Å². The fourth-order valence-electron chi connectivity index (χ4n) is 3.71. The van der Waals surface area contributed by atoms with Gasteiger partial charge < -0.3 is 14.8 Å². The van der Waals surface area contributed by atoms with Crippen molar-refractivity contribution in [2.45, 2.75) is 51.5 Å². The summed E-state index contributed by atoms with van der Waals surface area (Å²) in [5.41, 5.74) is 1.04. The summed E-state index contributed by atoms with van der Waals surface area (Å²) >= 11 is 0. The van der Waals surface area contributed by atoms with Gasteiger partial charge in [-0.05, 0) is 30.9 Å². The molecule has 25 heavy (non-hydrogen) atoms. The van der Waals surface area contributed by atoms with Gasteiger partial charge in [-0.3, -0.25) is 9.59 Å². The van der Waals surface area contributed by atoms with E-state index in [4.69, 9.17) is 9.47 Å². The summed E-state index contributed by atoms with van der Waals surface area (Å²) in [5.74, 6) is -0.0176. The lowest BCUT2D eigenvalue weighted by Crippen LogP contribution is -2.56. The standard InChI is InChI=1S/C20H27NO4/c1-13(2)10-17(24-11-14-6-4-3-5-7-14)20(23)19-18-15(22)12-25-16(18)8-9-21-19/h3-7,13,16-19,21H,8-12H2,1-2H3/t16-,17+,18-,19?/m1/s1. The minimum Gasteiger partial charge on any atom is -0.370 e. The topological polar surface area (TPSA) is 64.6 Å². The van der Waals surface area contributed by atoms with Crippen LogP contribution in [-0.2, 0) is 25.7 Å². The van der Waals surface area contributed by atoms with E-state index in [2.05, 4.69) is 19.2 Å². The normalized spacial score (nSPS) is 27.3. The summed E-state index contributed by atoms with van der Waals surface area (Å²) in [6, 6.07) is 9.35. The number of ketones is 2. The molecule has 1 aromatic rings. The monoisotopic (exact) mass is 345 g/mol. The number of ether oxygens (including phenoxy) is 2. The minimum atomic E-state index is -0.509. The van der Waals surface area contributed by atoms with E-state index in [1.807, 2.05) is 30.3 Å². The molecular weight excluding hydrogens is 318 g/mol. The average Bonchev–Trinajstić information content (AvgIpc) is 3.00. The molecule has 4 atom stereocenters. The van der Waals surface area contributed by atoms with Crippen molar-refractivity contribution in [1.29, 1.82) is 0 Å². The lowest BCUT2D eigenvalue weighted by Gasteiger charge is -2.34. The van der Waals surface area contributed by atoms with Gasteiger partial charge >= 0.3 is 0 Å². The molecule has 0 aliphatic carbocycles. The fraction of sp³-hybridized carbons (Fsp3) is 0.600. The Kier molecular flexibility index (Phi) is 5.99. The van der Waals surface area contributed by atoms with Crippen molar-refractivity contribution < 1.29 is 19.1 Å². The van der Waals surface area contributed by atoms with E-state index in [0.717, 1.165) is 12.0 Å². The Morgan fingerprint density at radius 2 is 2.08 bits per heavy atom. The van der Waals surface area contributed by atoms with Gasteiger partial charge in [0.25, 0.3) is 0 Å². The van der Waals surface area contributed by atoms with Crippen LogP contribution in [0.15, 0.2) is 30.3 Å². The van der Waals surface area contributed by atoms with Gasteiger partial charge in [0, 0.05) is 0 Å². The second-order valence-electron chi connectivity index (χ2n) is 7.38. The van der Waals surface area contributed by atoms with Crippen molar-refractivity contribution in [3.8, 4) is 0 Å². The molecule has 2 heterocycles. The van der Waals surface area contributed by atoms with Crippen molar-refractivity contribution in [2.24, 2.45) is 11.8 Å². The number of carbonyl (C=O) groups is 2. The van der Waals surface area contributed by atoms with Crippen molar-refractivity contribution in [3.05, 3.63) is 35.9 Å². The molecule has 1 aromatic carbocycles. The van der Waals surface area contributed by atoms with Crippen LogP contribution >= 0.6 is 0 Å². The number of rotatable bonds is 7. The number of hydrogen-bond acceptors (Lipinski definition) is 5. The molecule has 0 bridgehead atoms. The van der Waals surface area contributed by atoms with E-state index in [0.29, 0.717) is 25.5 Å². The largest absolute Gasteiger partial charge is 0.370 e. The third kappa shape index (κ3) is 4.35. The molecule has 2 aliphatic heterocycles. The van der Waals surface area contributed by atoms with E-state index < -0.39 is 12.1 Å². The lowest BCUT2D eigenvalue weighted by atomic mass is 9.82. The quantitative estimate of drug-likeness (QED) is 0.820. The average molecular weight is 345 g/mol. The maximum atomic E-state index is 13.1. The molecule has 0 amide bonds. The van der Waals surface area contributed by atoms with Crippen LogP contribution in [0.25, 0.3) is 0 Å². The third-order valence-electron chi connectivity index (χ3n) is 4.97. The van der Waals surface area contributed by atoms with E-state index in [9.17, 15) is 9.59 Å². The minimum absolute atomic E-state index is 0.0156. The van der Waals surface area contributed by atoms with E-state index in [1.165, 1.54) is 0 Å². The molecule has 5 heteroatoms. The van der Waals surface area contributed by atoms with Crippen molar-refractivity contribution in [2.75, 3.05) is 13.2 Å². The van der Waals surface area contributed by atoms with Gasteiger partial charge in [-0.2, -0.15) is 0 Å². The van der Waals surface area contributed by atoms with Gasteiger partial charge in [-0.1, -0.05) is 44.2 Å². The number of benzene rings is 1. The summed E-state index contributed by atoms with van der Waals surface area (Å²) < 4.78 is 11.6. The van der Waals surface area contributed by atoms with Crippen LogP contribution in [0.5, 0.6) is 0 Å². The van der Waals surface area contributed by atoms with Gasteiger partial charge in [0.15, 0.2) is 11.6 Å². The van der Waals surface area contributed by atoms with Gasteiger partial charge in [0.2, 0.25) is 0 Å². The first-order chi connectivity index (χ1) is 12.1. The third-order valence-corrected chi connectivity index (χ3v) is 4.97. The molecule has 0 saturated carbocycles. The lowest BCUT2D eigenvalue weighted by molar-refractivity contribution is -0.139. The first kappa shape index (κ1) is 18.2. The molecule has 2 fully saturated rings. The molecule has 2 aliphatic rings. The second kappa shape index (κ2) is 8.21. The number of Topliss-reactive ketones (excluding diaryl/α,β-unsaturated/α-hetero) is 2. The Balaban J connectivity index is 1.70. The van der Waals surface area contributed by atoms with Crippen LogP contribution in [0.2, 0.25) is 0 Å². The first-order valence-electron chi connectivity index (χ1n) is 9.13. The molecule has 0 radical (unpaired) electrons. The Morgan fingerprint density at radius 3 is 2.80 bits per heavy atom. The van der Waals surface area contributed by atoms with E-state index >= 15 is 0 Å². The number of carbonyl (C=O) groups excluding carboxylic acids is 2. The molecule has 2 saturated heterocycles. The van der Waals surface area contributed by atoms with Gasteiger partial charge in [-0.25, -0.2) is 0 Å². The van der Waals surface area contributed by atoms with Gasteiger partial charge in [-0.15, -0.1) is 0 Å². The zero-order chi connectivity index (χ0) is 17.8. The van der Waals surface area contributed by atoms with Crippen LogP contribution in [0.1, 0.15) is 32.3 Å². The van der Waals surface area contributed by atoms with Crippen LogP contribution in [0, 0.1) is 11.8 Å². The van der Waals surface area contributed by atoms with Crippen molar-refractivity contribution >= 4 is 11.6 Å². The number of nitrogens with one attached hydrogen (secondary N) is 1. The summed E-state index contributed by atoms with van der Waals surface area (Å²) in [4.78, 5) is 25.3. The summed E-state index contributed by atoms with van der Waals surface area (Å²) in [6.07, 6.45) is 0.789. The molecule has 3 rings (SSSR count). The summed E-state index contributed by atoms with van der Waals surface area (Å²) in [6.45, 7) is 5.37. The molecule has 5 nitrogen and oxygen atoms in total. The number of fused-ring (bicyclic) bond motifs is 1. The highest BCUT2D eigenvalue weighted by atomic mass is 16.5. The Bertz CT molecular complexity index is 601. The SMILES string of the molecule is CC(C)C[C@H](OCc1ccccc1)C(=O)C1NCC[C@H]2OCC(=O)[C@@H]12. The molecule has 0 spiro atoms. The maximum absolute atomic E-state index is 13.1. The zero-order valence-electron chi connectivity index (χ0n) is 14.9. The molecule has 1 N–H and O–H groups in total. The van der Waals surface area contributed by atoms with E-state index in [-0.39, 0.29) is 30.2 Å². The van der Waals surface area contributed by atoms with Crippen LogP contribution in [-0.4, -0.2) is 43.0 Å². The molecular formula is C20H27NO4. The Morgan fingerprint density at radius 1 is 1.32 bits per heavy atom. The van der Waals surface area contributed by atoms with Crippen LogP contribution < -0.4 is 5.32 Å². The Labute approximate surface area is 149 Å². The fourth-order valence-corrected chi connectivity index (χ4v) is 3.71. The predicted octanol–water partition coefficient (Wildman–Crippen LogP) is 2.13. The van der Waals surface area contributed by atoms with Crippen molar-refractivity contribution in [3.63, 3.8) is 0 Å². The van der Waals surface area contributed by atoms with Gasteiger partial charge in [0.05, 0.1) is 24.7 Å². The summed E-state index contributed by atoms with van der Waals surface area (Å²) in [7, 11) is 0. The smallest absolute Gasteiger partial charge is 0.179 e. The maximum Gasteiger partial charge on any atom is 0.179 e. The molecule has 1 unspecified atom stereocenters. The highest BCUT2D eigenvalue weighted by molar-refractivity contribution is 5.96. The number of piperidine rings is 1. The zero-order valence-corrected chi connectivity index (χ0v) is 14.9. The second-order valence-corrected chi connectivity index (χ2v) is 7.38. The highest BCUT2D eigenvalue weighted by Gasteiger charge is 2.47. The molecule has 0 aromatic heterocycles. The Hall–Kier alpha value is -1.56. The highest BCUT2D eigenvalue weighted by Crippen LogP contribution is 2.29. The van der Waals surface area contributed by atoms with Gasteiger partial charge in [0.1, 0.15) is 12.7 Å². The summed E-state index contributed by atoms with van der Waals surface area (Å²) in [5, 5.41) is 3.24. The molecule has 136 valence electrons. The predicted molar refractivity (Wildman–Crippen MR) is 94.1 cm³/mol. The first-order valence-corrected chi connectivity index (χ1v) is 9.13. The van der Waals surface area contributed by atoms with Crippen LogP contribution in [0.3, 0.4) is 0 Å². The van der Waals surface area contributed by atoms with Crippen molar-refractivity contribution in [1.82, 2.24) is 5.32 Å². The number of hydrogen-bond donors (Lipinski definition) is 1. The van der Waals surface area contributed by atoms with Crippen LogP contribution in [0.4, 0.5) is 0 Å².